The Bertz CT molecular complexity index is 305. The number of nitrogens with two attached hydrogens (primary N) is 1. The van der Waals surface area contributed by atoms with E-state index < -0.39 is 0 Å². The molecular weight excluding hydrogens is 252 g/mol. The molecule has 1 aliphatic carbocycles. The summed E-state index contributed by atoms with van der Waals surface area (Å²) >= 11 is 2.10. The monoisotopic (exact) mass is 284 g/mol. The third-order valence-corrected chi connectivity index (χ3v) is 6.98. The molecule has 3 heteroatoms. The highest BCUT2D eigenvalue weighted by Crippen LogP contribution is 2.43. The van der Waals surface area contributed by atoms with Crippen molar-refractivity contribution in [3.63, 3.8) is 0 Å². The molecule has 1 heterocycles. The average molecular weight is 285 g/mol. The van der Waals surface area contributed by atoms with E-state index in [9.17, 15) is 0 Å². The maximum absolute atomic E-state index is 6.25. The van der Waals surface area contributed by atoms with Crippen LogP contribution >= 0.6 is 11.8 Å². The van der Waals surface area contributed by atoms with Crippen molar-refractivity contribution >= 4 is 11.8 Å². The minimum atomic E-state index is 0.230. The number of rotatable bonds is 3. The predicted octanol–water partition coefficient (Wildman–Crippen LogP) is 3.36. The summed E-state index contributed by atoms with van der Waals surface area (Å²) in [6.45, 7) is 8.03. The van der Waals surface area contributed by atoms with Crippen molar-refractivity contribution in [2.75, 3.05) is 25.1 Å². The van der Waals surface area contributed by atoms with Crippen LogP contribution in [0.5, 0.6) is 0 Å². The molecule has 1 saturated heterocycles. The van der Waals surface area contributed by atoms with Gasteiger partial charge in [-0.05, 0) is 43.4 Å². The van der Waals surface area contributed by atoms with Crippen molar-refractivity contribution in [3.8, 4) is 0 Å². The molecule has 2 nitrogen and oxygen atoms in total. The van der Waals surface area contributed by atoms with Crippen LogP contribution in [-0.2, 0) is 0 Å². The molecule has 0 spiro atoms. The predicted molar refractivity (Wildman–Crippen MR) is 86.7 cm³/mol. The third-order valence-electron chi connectivity index (χ3n) is 5.26. The van der Waals surface area contributed by atoms with Crippen molar-refractivity contribution in [2.24, 2.45) is 17.1 Å². The molecular formula is C16H32N2S. The van der Waals surface area contributed by atoms with Gasteiger partial charge in [-0.3, -0.25) is 4.90 Å². The Balaban J connectivity index is 2.11. The summed E-state index contributed by atoms with van der Waals surface area (Å²) in [5, 5.41) is 0. The van der Waals surface area contributed by atoms with E-state index in [1.54, 1.807) is 0 Å². The van der Waals surface area contributed by atoms with Crippen LogP contribution in [0.15, 0.2) is 0 Å². The van der Waals surface area contributed by atoms with Gasteiger partial charge in [0.1, 0.15) is 0 Å². The standard InChI is InChI=1S/C16H32N2S/c1-13-6-5-7-14(8-13)18(4)16(10-17)9-15(2,3)11-19-12-16/h13-14H,5-12,17H2,1-4H3. The molecule has 1 aliphatic heterocycles. The molecule has 2 N–H and O–H groups in total. The molecule has 112 valence electrons. The summed E-state index contributed by atoms with van der Waals surface area (Å²) in [6, 6.07) is 0.752. The molecule has 0 aromatic heterocycles. The van der Waals surface area contributed by atoms with Gasteiger partial charge in [-0.25, -0.2) is 0 Å². The summed E-state index contributed by atoms with van der Waals surface area (Å²) in [7, 11) is 2.34. The lowest BCUT2D eigenvalue weighted by Gasteiger charge is -2.52. The fourth-order valence-corrected chi connectivity index (χ4v) is 5.71. The second-order valence-corrected chi connectivity index (χ2v) is 8.78. The maximum atomic E-state index is 6.25. The molecule has 2 rings (SSSR count). The van der Waals surface area contributed by atoms with Crippen LogP contribution in [-0.4, -0.2) is 41.6 Å². The highest BCUT2D eigenvalue weighted by atomic mass is 32.2. The lowest BCUT2D eigenvalue weighted by atomic mass is 9.76. The summed E-state index contributed by atoms with van der Waals surface area (Å²) < 4.78 is 0. The number of hydrogen-bond acceptors (Lipinski definition) is 3. The van der Waals surface area contributed by atoms with Crippen LogP contribution in [0.25, 0.3) is 0 Å². The van der Waals surface area contributed by atoms with E-state index in [2.05, 4.69) is 44.5 Å². The molecule has 2 aliphatic rings. The number of thioether (sulfide) groups is 1. The first kappa shape index (κ1) is 15.7. The lowest BCUT2D eigenvalue weighted by Crippen LogP contribution is -2.61. The Morgan fingerprint density at radius 3 is 2.58 bits per heavy atom. The molecule has 0 amide bonds. The van der Waals surface area contributed by atoms with Gasteiger partial charge in [0.25, 0.3) is 0 Å². The normalized spacial score (nSPS) is 39.5. The second kappa shape index (κ2) is 5.95. The molecule has 3 atom stereocenters. The second-order valence-electron chi connectivity index (χ2n) is 7.80. The van der Waals surface area contributed by atoms with E-state index in [-0.39, 0.29) is 5.54 Å². The fraction of sp³-hybridized carbons (Fsp3) is 1.00. The number of likely N-dealkylation sites (N-methyl/N-ethyl adjacent to an activating group) is 1. The van der Waals surface area contributed by atoms with E-state index in [0.717, 1.165) is 18.5 Å². The fourth-order valence-electron chi connectivity index (χ4n) is 4.15. The van der Waals surface area contributed by atoms with Gasteiger partial charge >= 0.3 is 0 Å². The average Bonchev–Trinajstić information content (AvgIpc) is 2.36. The molecule has 2 fully saturated rings. The van der Waals surface area contributed by atoms with Crippen molar-refractivity contribution in [2.45, 2.75) is 64.5 Å². The van der Waals surface area contributed by atoms with Gasteiger partial charge in [0, 0.05) is 23.9 Å². The molecule has 0 bridgehead atoms. The first-order valence-electron chi connectivity index (χ1n) is 7.89. The Hall–Kier alpha value is 0.270. The SMILES string of the molecule is CC1CCCC(N(C)C2(CN)CSCC(C)(C)C2)C1. The van der Waals surface area contributed by atoms with Gasteiger partial charge in [0.05, 0.1) is 0 Å². The van der Waals surface area contributed by atoms with Crippen LogP contribution in [0.4, 0.5) is 0 Å². The quantitative estimate of drug-likeness (QED) is 0.861. The topological polar surface area (TPSA) is 29.3 Å². The van der Waals surface area contributed by atoms with Gasteiger partial charge in [-0.15, -0.1) is 0 Å². The number of nitrogens with zero attached hydrogens (tertiary/aromatic N) is 1. The van der Waals surface area contributed by atoms with E-state index >= 15 is 0 Å². The Kier molecular flexibility index (Phi) is 4.90. The van der Waals surface area contributed by atoms with Gasteiger partial charge in [-0.1, -0.05) is 33.6 Å². The molecule has 0 radical (unpaired) electrons. The van der Waals surface area contributed by atoms with Crippen molar-refractivity contribution in [3.05, 3.63) is 0 Å². The molecule has 0 aromatic carbocycles. The lowest BCUT2D eigenvalue weighted by molar-refractivity contribution is 0.0313. The third kappa shape index (κ3) is 3.48. The Morgan fingerprint density at radius 1 is 1.26 bits per heavy atom. The summed E-state index contributed by atoms with van der Waals surface area (Å²) in [5.41, 5.74) is 6.90. The molecule has 3 unspecified atom stereocenters. The largest absolute Gasteiger partial charge is 0.329 e. The van der Waals surface area contributed by atoms with Gasteiger partial charge in [0.2, 0.25) is 0 Å². The van der Waals surface area contributed by atoms with Gasteiger partial charge in [-0.2, -0.15) is 11.8 Å². The first-order valence-corrected chi connectivity index (χ1v) is 9.05. The summed E-state index contributed by atoms with van der Waals surface area (Å²) in [5.74, 6) is 3.39. The molecule has 1 saturated carbocycles. The molecule has 0 aromatic rings. The number of hydrogen-bond donors (Lipinski definition) is 1. The van der Waals surface area contributed by atoms with E-state index in [4.69, 9.17) is 5.73 Å². The van der Waals surface area contributed by atoms with Crippen molar-refractivity contribution < 1.29 is 0 Å². The summed E-state index contributed by atoms with van der Waals surface area (Å²) in [4.78, 5) is 2.68. The summed E-state index contributed by atoms with van der Waals surface area (Å²) in [6.07, 6.45) is 6.80. The minimum absolute atomic E-state index is 0.230. The van der Waals surface area contributed by atoms with Gasteiger partial charge in [0.15, 0.2) is 0 Å². The zero-order valence-corrected chi connectivity index (χ0v) is 14.1. The van der Waals surface area contributed by atoms with Crippen molar-refractivity contribution in [1.82, 2.24) is 4.90 Å². The van der Waals surface area contributed by atoms with Crippen LogP contribution in [0.1, 0.15) is 52.9 Å². The van der Waals surface area contributed by atoms with E-state index in [1.165, 1.54) is 43.6 Å². The zero-order chi connectivity index (χ0) is 14.1. The highest BCUT2D eigenvalue weighted by molar-refractivity contribution is 7.99. The van der Waals surface area contributed by atoms with Crippen LogP contribution in [0.3, 0.4) is 0 Å². The Labute approximate surface area is 123 Å². The van der Waals surface area contributed by atoms with Crippen LogP contribution < -0.4 is 5.73 Å². The highest BCUT2D eigenvalue weighted by Gasteiger charge is 2.44. The van der Waals surface area contributed by atoms with Crippen LogP contribution in [0, 0.1) is 11.3 Å². The zero-order valence-electron chi connectivity index (χ0n) is 13.2. The Morgan fingerprint density at radius 2 is 2.00 bits per heavy atom. The molecule has 19 heavy (non-hydrogen) atoms. The smallest absolute Gasteiger partial charge is 0.0427 e. The first-order chi connectivity index (χ1) is 8.88. The minimum Gasteiger partial charge on any atom is -0.329 e. The van der Waals surface area contributed by atoms with Gasteiger partial charge < -0.3 is 5.73 Å². The maximum Gasteiger partial charge on any atom is 0.0427 e. The van der Waals surface area contributed by atoms with Crippen molar-refractivity contribution in [1.29, 1.82) is 0 Å². The van der Waals surface area contributed by atoms with Crippen LogP contribution in [0.2, 0.25) is 0 Å². The van der Waals surface area contributed by atoms with E-state index in [0.29, 0.717) is 5.41 Å². The van der Waals surface area contributed by atoms with E-state index in [1.807, 2.05) is 0 Å².